The van der Waals surface area contributed by atoms with Crippen molar-refractivity contribution < 1.29 is 4.79 Å². The Bertz CT molecular complexity index is 996. The molecule has 148 valence electrons. The summed E-state index contributed by atoms with van der Waals surface area (Å²) >= 11 is 4.56. The van der Waals surface area contributed by atoms with E-state index >= 15 is 0 Å². The van der Waals surface area contributed by atoms with Crippen LogP contribution in [-0.2, 0) is 10.5 Å². The highest BCUT2D eigenvalue weighted by Gasteiger charge is 2.09. The molecule has 0 atom stereocenters. The minimum absolute atomic E-state index is 0.0271. The summed E-state index contributed by atoms with van der Waals surface area (Å²) in [7, 11) is 0. The fourth-order valence-electron chi connectivity index (χ4n) is 2.51. The van der Waals surface area contributed by atoms with Gasteiger partial charge in [-0.25, -0.2) is 0 Å². The third-order valence-corrected chi connectivity index (χ3v) is 7.22. The van der Waals surface area contributed by atoms with Crippen LogP contribution in [0.3, 0.4) is 0 Å². The zero-order chi connectivity index (χ0) is 20.5. The van der Waals surface area contributed by atoms with Crippen LogP contribution in [0.15, 0.2) is 57.2 Å². The number of hydrogen-bond donors (Lipinski definition) is 1. The van der Waals surface area contributed by atoms with Crippen LogP contribution in [0.1, 0.15) is 24.5 Å². The zero-order valence-corrected chi connectivity index (χ0v) is 18.4. The van der Waals surface area contributed by atoms with E-state index in [-0.39, 0.29) is 5.91 Å². The average molecular weight is 441 g/mol. The Balaban J connectivity index is 1.52. The van der Waals surface area contributed by atoms with Gasteiger partial charge >= 0.3 is 0 Å². The third kappa shape index (κ3) is 6.32. The van der Waals surface area contributed by atoms with E-state index in [1.807, 2.05) is 43.3 Å². The summed E-state index contributed by atoms with van der Waals surface area (Å²) in [6.45, 7) is 2.73. The SMILES string of the molecule is CCCNC(=O)CSc1nnc(SCc2ccc(-c3ccccc3C#N)cc2)s1. The number of carbonyl (C=O) groups is 1. The van der Waals surface area contributed by atoms with E-state index in [2.05, 4.69) is 33.7 Å². The molecule has 1 aromatic heterocycles. The lowest BCUT2D eigenvalue weighted by atomic mass is 10.00. The van der Waals surface area contributed by atoms with Gasteiger partial charge in [-0.1, -0.05) is 84.2 Å². The van der Waals surface area contributed by atoms with Gasteiger partial charge < -0.3 is 5.32 Å². The molecule has 0 fully saturated rings. The lowest BCUT2D eigenvalue weighted by molar-refractivity contribution is -0.118. The van der Waals surface area contributed by atoms with Gasteiger partial charge in [-0.3, -0.25) is 4.79 Å². The van der Waals surface area contributed by atoms with Crippen LogP contribution in [0.25, 0.3) is 11.1 Å². The van der Waals surface area contributed by atoms with Crippen molar-refractivity contribution in [1.29, 1.82) is 5.26 Å². The van der Waals surface area contributed by atoms with E-state index in [0.29, 0.717) is 17.9 Å². The highest BCUT2D eigenvalue weighted by molar-refractivity contribution is 8.03. The molecule has 29 heavy (non-hydrogen) atoms. The molecular formula is C21H20N4OS3. The zero-order valence-electron chi connectivity index (χ0n) is 15.9. The van der Waals surface area contributed by atoms with Gasteiger partial charge in [0, 0.05) is 12.3 Å². The fraction of sp³-hybridized carbons (Fsp3) is 0.238. The van der Waals surface area contributed by atoms with E-state index in [4.69, 9.17) is 0 Å². The standard InChI is InChI=1S/C21H20N4OS3/c1-2-11-23-19(26)14-28-21-25-24-20(29-21)27-13-15-7-9-16(10-8-15)18-6-4-3-5-17(18)12-22/h3-10H,2,11,13-14H2,1H3,(H,23,26). The summed E-state index contributed by atoms with van der Waals surface area (Å²) in [6, 6.07) is 18.1. The minimum atomic E-state index is 0.0271. The lowest BCUT2D eigenvalue weighted by Gasteiger charge is -2.05. The summed E-state index contributed by atoms with van der Waals surface area (Å²) in [5, 5.41) is 20.5. The molecule has 0 aliphatic heterocycles. The molecule has 3 aromatic rings. The smallest absolute Gasteiger partial charge is 0.230 e. The number of nitrogens with one attached hydrogen (secondary N) is 1. The molecule has 2 aromatic carbocycles. The van der Waals surface area contributed by atoms with Crippen LogP contribution in [0.2, 0.25) is 0 Å². The number of rotatable bonds is 9. The molecule has 0 aliphatic rings. The number of nitriles is 1. The molecule has 5 nitrogen and oxygen atoms in total. The monoisotopic (exact) mass is 440 g/mol. The summed E-state index contributed by atoms with van der Waals surface area (Å²) in [6.07, 6.45) is 0.932. The molecular weight excluding hydrogens is 420 g/mol. The topological polar surface area (TPSA) is 78.7 Å². The second-order valence-electron chi connectivity index (χ2n) is 6.12. The predicted molar refractivity (Wildman–Crippen MR) is 120 cm³/mol. The molecule has 0 saturated carbocycles. The van der Waals surface area contributed by atoms with Gasteiger partial charge in [0.1, 0.15) is 0 Å². The fourth-order valence-corrected chi connectivity index (χ4v) is 5.32. The van der Waals surface area contributed by atoms with Crippen molar-refractivity contribution in [3.05, 3.63) is 59.7 Å². The molecule has 1 N–H and O–H groups in total. The Hall–Kier alpha value is -2.34. The first-order valence-corrected chi connectivity index (χ1v) is 11.9. The first-order valence-electron chi connectivity index (χ1n) is 9.14. The first kappa shape index (κ1) is 21.4. The summed E-state index contributed by atoms with van der Waals surface area (Å²) in [5.74, 6) is 1.18. The maximum atomic E-state index is 11.7. The third-order valence-electron chi connectivity index (χ3n) is 3.96. The molecule has 0 unspecified atom stereocenters. The lowest BCUT2D eigenvalue weighted by Crippen LogP contribution is -2.25. The van der Waals surface area contributed by atoms with Crippen molar-refractivity contribution in [2.24, 2.45) is 0 Å². The second kappa shape index (κ2) is 11.0. The first-order chi connectivity index (χ1) is 14.2. The number of hydrogen-bond acceptors (Lipinski definition) is 7. The average Bonchev–Trinajstić information content (AvgIpc) is 3.23. The van der Waals surface area contributed by atoms with E-state index in [0.717, 1.165) is 32.0 Å². The van der Waals surface area contributed by atoms with Crippen molar-refractivity contribution in [1.82, 2.24) is 15.5 Å². The largest absolute Gasteiger partial charge is 0.355 e. The van der Waals surface area contributed by atoms with Crippen LogP contribution >= 0.6 is 34.9 Å². The van der Waals surface area contributed by atoms with Gasteiger partial charge in [0.2, 0.25) is 5.91 Å². The molecule has 1 amide bonds. The van der Waals surface area contributed by atoms with Gasteiger partial charge in [-0.15, -0.1) is 10.2 Å². The number of thioether (sulfide) groups is 2. The van der Waals surface area contributed by atoms with Crippen LogP contribution in [-0.4, -0.2) is 28.4 Å². The van der Waals surface area contributed by atoms with Crippen LogP contribution in [0.4, 0.5) is 0 Å². The second-order valence-corrected chi connectivity index (χ2v) is 9.54. The van der Waals surface area contributed by atoms with Crippen molar-refractivity contribution >= 4 is 40.8 Å². The quantitative estimate of drug-likeness (QED) is 0.472. The summed E-state index contributed by atoms with van der Waals surface area (Å²) in [5.41, 5.74) is 3.84. The maximum absolute atomic E-state index is 11.7. The number of carbonyl (C=O) groups excluding carboxylic acids is 1. The van der Waals surface area contributed by atoms with Crippen molar-refractivity contribution in [2.45, 2.75) is 27.8 Å². The van der Waals surface area contributed by atoms with E-state index < -0.39 is 0 Å². The molecule has 0 spiro atoms. The highest BCUT2D eigenvalue weighted by atomic mass is 32.2. The molecule has 3 rings (SSSR count). The molecule has 8 heteroatoms. The normalized spacial score (nSPS) is 10.5. The molecule has 1 heterocycles. The molecule has 0 bridgehead atoms. The van der Waals surface area contributed by atoms with E-state index in [1.165, 1.54) is 28.7 Å². The number of aromatic nitrogens is 2. The van der Waals surface area contributed by atoms with Crippen LogP contribution < -0.4 is 5.32 Å². The Kier molecular flexibility index (Phi) is 8.11. The van der Waals surface area contributed by atoms with Crippen LogP contribution in [0.5, 0.6) is 0 Å². The maximum Gasteiger partial charge on any atom is 0.230 e. The van der Waals surface area contributed by atoms with Gasteiger partial charge in [-0.05, 0) is 29.2 Å². The predicted octanol–water partition coefficient (Wildman–Crippen LogP) is 4.99. The molecule has 0 radical (unpaired) electrons. The molecule has 0 saturated heterocycles. The van der Waals surface area contributed by atoms with Gasteiger partial charge in [0.05, 0.1) is 17.4 Å². The van der Waals surface area contributed by atoms with E-state index in [1.54, 1.807) is 11.8 Å². The Morgan fingerprint density at radius 2 is 1.83 bits per heavy atom. The Morgan fingerprint density at radius 1 is 1.10 bits per heavy atom. The Morgan fingerprint density at radius 3 is 2.55 bits per heavy atom. The number of nitrogens with zero attached hydrogens (tertiary/aromatic N) is 3. The van der Waals surface area contributed by atoms with Crippen molar-refractivity contribution in [3.8, 4) is 17.2 Å². The van der Waals surface area contributed by atoms with E-state index in [9.17, 15) is 10.1 Å². The van der Waals surface area contributed by atoms with Crippen molar-refractivity contribution in [3.63, 3.8) is 0 Å². The van der Waals surface area contributed by atoms with Gasteiger partial charge in [0.15, 0.2) is 8.68 Å². The van der Waals surface area contributed by atoms with Crippen molar-refractivity contribution in [2.75, 3.05) is 12.3 Å². The van der Waals surface area contributed by atoms with Gasteiger partial charge in [-0.2, -0.15) is 5.26 Å². The molecule has 0 aliphatic carbocycles. The van der Waals surface area contributed by atoms with Gasteiger partial charge in [0.25, 0.3) is 0 Å². The highest BCUT2D eigenvalue weighted by Crippen LogP contribution is 2.31. The van der Waals surface area contributed by atoms with Crippen LogP contribution in [0, 0.1) is 11.3 Å². The number of amides is 1. The minimum Gasteiger partial charge on any atom is -0.355 e. The Labute approximate surface area is 182 Å². The summed E-state index contributed by atoms with van der Waals surface area (Å²) < 4.78 is 1.70. The number of benzene rings is 2. The summed E-state index contributed by atoms with van der Waals surface area (Å²) in [4.78, 5) is 11.7.